The zero-order chi connectivity index (χ0) is 14.5. The molecule has 0 radical (unpaired) electrons. The highest BCUT2D eigenvalue weighted by molar-refractivity contribution is 9.08. The summed E-state index contributed by atoms with van der Waals surface area (Å²) in [5.74, 6) is 1.90. The summed E-state index contributed by atoms with van der Waals surface area (Å²) in [7, 11) is 3.75. The molecule has 0 atom stereocenters. The summed E-state index contributed by atoms with van der Waals surface area (Å²) in [4.78, 5) is 6.71. The molecule has 106 valence electrons. The van der Waals surface area contributed by atoms with Gasteiger partial charge in [-0.2, -0.15) is 0 Å². The molecule has 0 bridgehead atoms. The van der Waals surface area contributed by atoms with E-state index in [0.29, 0.717) is 0 Å². The Balaban J connectivity index is 2.16. The lowest BCUT2D eigenvalue weighted by Gasteiger charge is -2.21. The topological polar surface area (TPSA) is 25.4 Å². The van der Waals surface area contributed by atoms with Crippen LogP contribution in [-0.2, 0) is 11.9 Å². The molecule has 0 saturated heterocycles. The SMILES string of the molecule is COc1cccc(CN(C)c2ncc(CBr)cc2C)c1. The van der Waals surface area contributed by atoms with Crippen LogP contribution in [0.25, 0.3) is 0 Å². The van der Waals surface area contributed by atoms with Gasteiger partial charge in [0.2, 0.25) is 0 Å². The van der Waals surface area contributed by atoms with Gasteiger partial charge in [-0.25, -0.2) is 4.98 Å². The van der Waals surface area contributed by atoms with E-state index in [2.05, 4.69) is 58.0 Å². The highest BCUT2D eigenvalue weighted by Gasteiger charge is 2.08. The van der Waals surface area contributed by atoms with E-state index in [1.807, 2.05) is 18.3 Å². The second-order valence-electron chi connectivity index (χ2n) is 4.83. The molecule has 0 fully saturated rings. The van der Waals surface area contributed by atoms with Gasteiger partial charge in [-0.05, 0) is 35.7 Å². The molecule has 0 N–H and O–H groups in total. The number of pyridine rings is 1. The highest BCUT2D eigenvalue weighted by atomic mass is 79.9. The largest absolute Gasteiger partial charge is 0.497 e. The molecule has 0 unspecified atom stereocenters. The molecule has 0 amide bonds. The molecule has 20 heavy (non-hydrogen) atoms. The van der Waals surface area contributed by atoms with Crippen molar-refractivity contribution in [2.45, 2.75) is 18.8 Å². The Kier molecular flexibility index (Phi) is 5.01. The number of halogens is 1. The number of aryl methyl sites for hydroxylation is 1. The average molecular weight is 335 g/mol. The molecular formula is C16H19BrN2O. The van der Waals surface area contributed by atoms with Crippen LogP contribution in [0.15, 0.2) is 36.5 Å². The monoisotopic (exact) mass is 334 g/mol. The van der Waals surface area contributed by atoms with Gasteiger partial charge in [0.05, 0.1) is 7.11 Å². The van der Waals surface area contributed by atoms with Crippen molar-refractivity contribution < 1.29 is 4.74 Å². The molecule has 1 aromatic carbocycles. The van der Waals surface area contributed by atoms with Crippen LogP contribution in [-0.4, -0.2) is 19.1 Å². The van der Waals surface area contributed by atoms with Crippen molar-refractivity contribution >= 4 is 21.7 Å². The molecule has 2 aromatic rings. The van der Waals surface area contributed by atoms with Gasteiger partial charge in [-0.15, -0.1) is 0 Å². The van der Waals surface area contributed by atoms with Gasteiger partial charge in [0.25, 0.3) is 0 Å². The molecule has 2 rings (SSSR count). The van der Waals surface area contributed by atoms with Gasteiger partial charge >= 0.3 is 0 Å². The zero-order valence-corrected chi connectivity index (χ0v) is 13.6. The van der Waals surface area contributed by atoms with Crippen LogP contribution >= 0.6 is 15.9 Å². The quantitative estimate of drug-likeness (QED) is 0.774. The molecule has 3 nitrogen and oxygen atoms in total. The van der Waals surface area contributed by atoms with Gasteiger partial charge in [-0.3, -0.25) is 0 Å². The lowest BCUT2D eigenvalue weighted by Crippen LogP contribution is -2.19. The molecule has 4 heteroatoms. The molecule has 0 aliphatic heterocycles. The van der Waals surface area contributed by atoms with Gasteiger partial charge in [0, 0.05) is 25.1 Å². The summed E-state index contributed by atoms with van der Waals surface area (Å²) in [6, 6.07) is 10.3. The van der Waals surface area contributed by atoms with Crippen LogP contribution in [0.1, 0.15) is 16.7 Å². The lowest BCUT2D eigenvalue weighted by molar-refractivity contribution is 0.414. The third-order valence-electron chi connectivity index (χ3n) is 3.18. The molecule has 1 aromatic heterocycles. The van der Waals surface area contributed by atoms with E-state index in [1.54, 1.807) is 7.11 Å². The number of nitrogens with zero attached hydrogens (tertiary/aromatic N) is 2. The van der Waals surface area contributed by atoms with E-state index in [0.717, 1.165) is 23.4 Å². The zero-order valence-electron chi connectivity index (χ0n) is 12.1. The van der Waals surface area contributed by atoms with E-state index in [4.69, 9.17) is 4.74 Å². The van der Waals surface area contributed by atoms with Crippen LogP contribution in [0.2, 0.25) is 0 Å². The predicted octanol–water partition coefficient (Wildman–Crippen LogP) is 3.93. The Labute approximate surface area is 128 Å². The first-order chi connectivity index (χ1) is 9.63. The minimum Gasteiger partial charge on any atom is -0.497 e. The second kappa shape index (κ2) is 6.75. The fourth-order valence-corrected chi connectivity index (χ4v) is 2.52. The Hall–Kier alpha value is -1.55. The van der Waals surface area contributed by atoms with E-state index >= 15 is 0 Å². The first-order valence-electron chi connectivity index (χ1n) is 6.49. The minimum absolute atomic E-state index is 0.804. The number of benzene rings is 1. The summed E-state index contributed by atoms with van der Waals surface area (Å²) >= 11 is 3.46. The van der Waals surface area contributed by atoms with Crippen LogP contribution in [0.3, 0.4) is 0 Å². The molecule has 1 heterocycles. The molecular weight excluding hydrogens is 316 g/mol. The normalized spacial score (nSPS) is 10.4. The first-order valence-corrected chi connectivity index (χ1v) is 7.61. The molecule has 0 spiro atoms. The predicted molar refractivity (Wildman–Crippen MR) is 86.7 cm³/mol. The summed E-state index contributed by atoms with van der Waals surface area (Å²) < 4.78 is 5.26. The number of methoxy groups -OCH3 is 1. The standard InChI is InChI=1S/C16H19BrN2O/c1-12-7-14(9-17)10-18-16(12)19(2)11-13-5-4-6-15(8-13)20-3/h4-8,10H,9,11H2,1-3H3. The van der Waals surface area contributed by atoms with Gasteiger partial charge in [0.1, 0.15) is 11.6 Å². The van der Waals surface area contributed by atoms with E-state index in [9.17, 15) is 0 Å². The van der Waals surface area contributed by atoms with Crippen molar-refractivity contribution in [2.24, 2.45) is 0 Å². The average Bonchev–Trinajstić information content (AvgIpc) is 2.47. The van der Waals surface area contributed by atoms with Crippen LogP contribution in [0.4, 0.5) is 5.82 Å². The summed E-state index contributed by atoms with van der Waals surface area (Å²) in [5, 5.41) is 0.834. The maximum absolute atomic E-state index is 5.26. The van der Waals surface area contributed by atoms with Crippen molar-refractivity contribution in [2.75, 3.05) is 19.1 Å². The number of hydrogen-bond acceptors (Lipinski definition) is 3. The maximum atomic E-state index is 5.26. The number of aromatic nitrogens is 1. The summed E-state index contributed by atoms with van der Waals surface area (Å²) in [6.45, 7) is 2.90. The van der Waals surface area contributed by atoms with Crippen molar-refractivity contribution in [1.82, 2.24) is 4.98 Å². The Morgan fingerprint density at radius 3 is 2.70 bits per heavy atom. The van der Waals surface area contributed by atoms with E-state index < -0.39 is 0 Å². The van der Waals surface area contributed by atoms with Crippen molar-refractivity contribution in [1.29, 1.82) is 0 Å². The fraction of sp³-hybridized carbons (Fsp3) is 0.312. The number of anilines is 1. The third kappa shape index (κ3) is 3.51. The minimum atomic E-state index is 0.804. The van der Waals surface area contributed by atoms with Gasteiger partial charge in [0.15, 0.2) is 0 Å². The summed E-state index contributed by atoms with van der Waals surface area (Å²) in [5.41, 5.74) is 3.59. The van der Waals surface area contributed by atoms with Crippen LogP contribution < -0.4 is 9.64 Å². The van der Waals surface area contributed by atoms with Gasteiger partial charge < -0.3 is 9.64 Å². The molecule has 0 aliphatic rings. The summed E-state index contributed by atoms with van der Waals surface area (Å²) in [6.07, 6.45) is 1.92. The first kappa shape index (κ1) is 14.9. The number of rotatable bonds is 5. The number of hydrogen-bond donors (Lipinski definition) is 0. The number of ether oxygens (including phenoxy) is 1. The fourth-order valence-electron chi connectivity index (χ4n) is 2.22. The van der Waals surface area contributed by atoms with E-state index in [1.165, 1.54) is 16.7 Å². The van der Waals surface area contributed by atoms with Crippen molar-refractivity contribution in [3.8, 4) is 5.75 Å². The maximum Gasteiger partial charge on any atom is 0.131 e. The molecule has 0 aliphatic carbocycles. The van der Waals surface area contributed by atoms with Crippen molar-refractivity contribution in [3.63, 3.8) is 0 Å². The third-order valence-corrected chi connectivity index (χ3v) is 3.82. The second-order valence-corrected chi connectivity index (χ2v) is 5.39. The Morgan fingerprint density at radius 1 is 1.25 bits per heavy atom. The van der Waals surface area contributed by atoms with Crippen LogP contribution in [0.5, 0.6) is 5.75 Å². The van der Waals surface area contributed by atoms with Crippen molar-refractivity contribution in [3.05, 3.63) is 53.2 Å². The Morgan fingerprint density at radius 2 is 2.05 bits per heavy atom. The molecule has 0 saturated carbocycles. The van der Waals surface area contributed by atoms with Gasteiger partial charge in [-0.1, -0.05) is 34.1 Å². The Bertz CT molecular complexity index is 586. The highest BCUT2D eigenvalue weighted by Crippen LogP contribution is 2.21. The smallest absolute Gasteiger partial charge is 0.131 e. The van der Waals surface area contributed by atoms with Crippen LogP contribution in [0, 0.1) is 6.92 Å². The number of alkyl halides is 1. The lowest BCUT2D eigenvalue weighted by atomic mass is 10.2. The van der Waals surface area contributed by atoms with E-state index in [-0.39, 0.29) is 0 Å².